The summed E-state index contributed by atoms with van der Waals surface area (Å²) in [6, 6.07) is 15.3. The molecule has 3 heterocycles. The van der Waals surface area contributed by atoms with Crippen molar-refractivity contribution < 1.29 is 0 Å². The third-order valence-corrected chi connectivity index (χ3v) is 6.27. The lowest BCUT2D eigenvalue weighted by atomic mass is 9.96. The first kappa shape index (κ1) is 20.6. The van der Waals surface area contributed by atoms with Crippen molar-refractivity contribution in [2.75, 3.05) is 6.54 Å². The van der Waals surface area contributed by atoms with Crippen molar-refractivity contribution in [1.82, 2.24) is 19.8 Å². The average Bonchev–Trinajstić information content (AvgIpc) is 3.18. The van der Waals surface area contributed by atoms with Crippen LogP contribution in [0.1, 0.15) is 59.2 Å². The number of rotatable bonds is 5. The molecule has 1 aromatic carbocycles. The number of aromatic nitrogens is 2. The van der Waals surface area contributed by atoms with Gasteiger partial charge >= 0.3 is 0 Å². The Hall–Kier alpha value is -2.66. The minimum atomic E-state index is 0.0402. The van der Waals surface area contributed by atoms with Crippen molar-refractivity contribution in [3.8, 4) is 5.69 Å². The molecule has 0 radical (unpaired) electrons. The van der Waals surface area contributed by atoms with E-state index in [9.17, 15) is 0 Å². The highest BCUT2D eigenvalue weighted by Gasteiger charge is 2.40. The zero-order valence-electron chi connectivity index (χ0n) is 18.4. The van der Waals surface area contributed by atoms with E-state index >= 15 is 0 Å². The van der Waals surface area contributed by atoms with Crippen LogP contribution in [0.25, 0.3) is 5.69 Å². The molecule has 30 heavy (non-hydrogen) atoms. The Morgan fingerprint density at radius 1 is 1.03 bits per heavy atom. The van der Waals surface area contributed by atoms with E-state index in [0.717, 1.165) is 23.8 Å². The quantitative estimate of drug-likeness (QED) is 0.556. The Bertz CT molecular complexity index is 1050. The van der Waals surface area contributed by atoms with Crippen LogP contribution in [-0.4, -0.2) is 26.1 Å². The smallest absolute Gasteiger partial charge is 0.170 e. The largest absolute Gasteiger partial charge is 0.352 e. The van der Waals surface area contributed by atoms with E-state index in [0.29, 0.717) is 0 Å². The Kier molecular flexibility index (Phi) is 5.65. The zero-order valence-corrected chi connectivity index (χ0v) is 19.3. The molecule has 3 aromatic rings. The maximum absolute atomic E-state index is 5.75. The van der Waals surface area contributed by atoms with Crippen LogP contribution in [-0.2, 0) is 0 Å². The number of nitrogens with one attached hydrogen (secondary N) is 1. The molecule has 0 amide bonds. The first-order valence-corrected chi connectivity index (χ1v) is 11.1. The molecule has 1 saturated heterocycles. The first-order valence-electron chi connectivity index (χ1n) is 10.7. The van der Waals surface area contributed by atoms with Gasteiger partial charge in [-0.2, -0.15) is 0 Å². The van der Waals surface area contributed by atoms with Crippen LogP contribution in [0.3, 0.4) is 0 Å². The molecule has 2 atom stereocenters. The molecule has 5 heteroatoms. The van der Waals surface area contributed by atoms with E-state index in [2.05, 4.69) is 84.7 Å². The molecular weight excluding hydrogens is 388 g/mol. The van der Waals surface area contributed by atoms with E-state index in [1.54, 1.807) is 0 Å². The standard InChI is InChI=1S/C25H30N4S/c1-6-11-28-24(23(27-25(28)30)22-9-7-8-10-26-22)21-15-18(4)29(19(21)5)20-13-16(2)12-17(3)14-20/h7-10,12-15,23-24H,6,11H2,1-5H3,(H,27,30)/t23-,24-/m0/s1. The SMILES string of the molecule is CCCN1C(=S)N[C@@H](c2ccccn2)[C@@H]1c1cc(C)n(-c2cc(C)cc(C)c2)c1C. The highest BCUT2D eigenvalue weighted by atomic mass is 32.1. The van der Waals surface area contributed by atoms with Gasteiger partial charge in [0.1, 0.15) is 0 Å². The lowest BCUT2D eigenvalue weighted by Crippen LogP contribution is -2.30. The number of aryl methyl sites for hydroxylation is 3. The summed E-state index contributed by atoms with van der Waals surface area (Å²) in [5.74, 6) is 0. The van der Waals surface area contributed by atoms with Crippen LogP contribution >= 0.6 is 12.2 Å². The molecule has 156 valence electrons. The number of hydrogen-bond acceptors (Lipinski definition) is 2. The van der Waals surface area contributed by atoms with E-state index in [1.807, 2.05) is 18.3 Å². The molecule has 2 aromatic heterocycles. The summed E-state index contributed by atoms with van der Waals surface area (Å²) in [5.41, 5.74) is 8.61. The summed E-state index contributed by atoms with van der Waals surface area (Å²) in [5, 5.41) is 4.37. The fourth-order valence-electron chi connectivity index (χ4n) is 4.79. The van der Waals surface area contributed by atoms with Crippen molar-refractivity contribution in [3.63, 3.8) is 0 Å². The number of pyridine rings is 1. The third kappa shape index (κ3) is 3.63. The van der Waals surface area contributed by atoms with Crippen molar-refractivity contribution >= 4 is 17.3 Å². The predicted molar refractivity (Wildman–Crippen MR) is 127 cm³/mol. The minimum absolute atomic E-state index is 0.0402. The lowest BCUT2D eigenvalue weighted by Gasteiger charge is -2.27. The molecule has 1 aliphatic rings. The summed E-state index contributed by atoms with van der Waals surface area (Å²) in [6.07, 6.45) is 2.90. The van der Waals surface area contributed by atoms with Crippen LogP contribution < -0.4 is 5.32 Å². The van der Waals surface area contributed by atoms with Gasteiger partial charge in [-0.1, -0.05) is 19.1 Å². The second-order valence-electron chi connectivity index (χ2n) is 8.33. The summed E-state index contributed by atoms with van der Waals surface area (Å²) < 4.78 is 2.37. The molecule has 4 rings (SSSR count). The summed E-state index contributed by atoms with van der Waals surface area (Å²) in [6.45, 7) is 11.9. The van der Waals surface area contributed by atoms with Gasteiger partial charge in [-0.3, -0.25) is 4.98 Å². The number of thiocarbonyl (C=S) groups is 1. The molecule has 1 fully saturated rings. The van der Waals surface area contributed by atoms with Gasteiger partial charge in [0.05, 0.1) is 17.8 Å². The van der Waals surface area contributed by atoms with Crippen molar-refractivity contribution in [3.05, 3.63) is 82.4 Å². The number of benzene rings is 1. The molecule has 1 N–H and O–H groups in total. The van der Waals surface area contributed by atoms with Gasteiger partial charge in [0.15, 0.2) is 5.11 Å². The maximum Gasteiger partial charge on any atom is 0.170 e. The third-order valence-electron chi connectivity index (χ3n) is 5.92. The highest BCUT2D eigenvalue weighted by molar-refractivity contribution is 7.80. The highest BCUT2D eigenvalue weighted by Crippen LogP contribution is 2.41. The Morgan fingerprint density at radius 3 is 2.40 bits per heavy atom. The van der Waals surface area contributed by atoms with Gasteiger partial charge in [0.2, 0.25) is 0 Å². The summed E-state index contributed by atoms with van der Waals surface area (Å²) in [4.78, 5) is 6.99. The normalized spacial score (nSPS) is 18.7. The Morgan fingerprint density at radius 2 is 1.77 bits per heavy atom. The zero-order chi connectivity index (χ0) is 21.4. The molecule has 0 aliphatic carbocycles. The summed E-state index contributed by atoms with van der Waals surface area (Å²) in [7, 11) is 0. The fourth-order valence-corrected chi connectivity index (χ4v) is 5.12. The van der Waals surface area contributed by atoms with Crippen molar-refractivity contribution in [2.24, 2.45) is 0 Å². The monoisotopic (exact) mass is 418 g/mol. The molecule has 0 unspecified atom stereocenters. The average molecular weight is 419 g/mol. The maximum atomic E-state index is 5.75. The lowest BCUT2D eigenvalue weighted by molar-refractivity contribution is 0.316. The van der Waals surface area contributed by atoms with E-state index in [4.69, 9.17) is 12.2 Å². The van der Waals surface area contributed by atoms with Crippen LogP contribution in [0, 0.1) is 27.7 Å². The van der Waals surface area contributed by atoms with Gasteiger partial charge in [-0.05, 0) is 93.4 Å². The second-order valence-corrected chi connectivity index (χ2v) is 8.71. The van der Waals surface area contributed by atoms with E-state index < -0.39 is 0 Å². The Balaban J connectivity index is 1.85. The molecule has 0 spiro atoms. The topological polar surface area (TPSA) is 33.1 Å². The molecule has 0 saturated carbocycles. The fraction of sp³-hybridized carbons (Fsp3) is 0.360. The molecule has 0 bridgehead atoms. The van der Waals surface area contributed by atoms with Crippen molar-refractivity contribution in [1.29, 1.82) is 0 Å². The molecule has 1 aliphatic heterocycles. The van der Waals surface area contributed by atoms with Gasteiger partial charge < -0.3 is 14.8 Å². The summed E-state index contributed by atoms with van der Waals surface area (Å²) >= 11 is 5.75. The minimum Gasteiger partial charge on any atom is -0.352 e. The van der Waals surface area contributed by atoms with Gasteiger partial charge in [0, 0.05) is 29.8 Å². The van der Waals surface area contributed by atoms with Gasteiger partial charge in [-0.25, -0.2) is 0 Å². The van der Waals surface area contributed by atoms with Gasteiger partial charge in [0.25, 0.3) is 0 Å². The van der Waals surface area contributed by atoms with Crippen LogP contribution in [0.5, 0.6) is 0 Å². The molecule has 4 nitrogen and oxygen atoms in total. The predicted octanol–water partition coefficient (Wildman–Crippen LogP) is 5.49. The first-order chi connectivity index (χ1) is 14.4. The van der Waals surface area contributed by atoms with Gasteiger partial charge in [-0.15, -0.1) is 0 Å². The van der Waals surface area contributed by atoms with Crippen LogP contribution in [0.4, 0.5) is 0 Å². The van der Waals surface area contributed by atoms with E-state index in [1.165, 1.54) is 33.8 Å². The number of nitrogens with zero attached hydrogens (tertiary/aromatic N) is 3. The number of hydrogen-bond donors (Lipinski definition) is 1. The van der Waals surface area contributed by atoms with Crippen molar-refractivity contribution in [2.45, 2.75) is 53.1 Å². The van der Waals surface area contributed by atoms with E-state index in [-0.39, 0.29) is 12.1 Å². The second kappa shape index (κ2) is 8.23. The Labute approximate surface area is 184 Å². The van der Waals surface area contributed by atoms with Crippen LogP contribution in [0.15, 0.2) is 48.7 Å². The molecular formula is C25H30N4S. The van der Waals surface area contributed by atoms with Crippen LogP contribution in [0.2, 0.25) is 0 Å².